The normalized spacial score (nSPS) is 11.7. The molecule has 0 aliphatic rings. The fourth-order valence-electron chi connectivity index (χ4n) is 1.48. The first-order valence-corrected chi connectivity index (χ1v) is 5.96. The van der Waals surface area contributed by atoms with Crippen LogP contribution < -0.4 is 10.6 Å². The van der Waals surface area contributed by atoms with Crippen molar-refractivity contribution in [2.45, 2.75) is 25.9 Å². The first-order chi connectivity index (χ1) is 9.02. The molecule has 1 rings (SSSR count). The number of carboxylic acids is 1. The van der Waals surface area contributed by atoms with Crippen molar-refractivity contribution in [3.8, 4) is 0 Å². The van der Waals surface area contributed by atoms with E-state index in [0.717, 1.165) is 11.1 Å². The van der Waals surface area contributed by atoms with E-state index < -0.39 is 18.0 Å². The molecule has 0 aliphatic carbocycles. The van der Waals surface area contributed by atoms with Gasteiger partial charge in [0.05, 0.1) is 0 Å². The van der Waals surface area contributed by atoms with E-state index in [1.165, 1.54) is 0 Å². The molecule has 0 saturated heterocycles. The number of carbonyl (C=O) groups excluding carboxylic acids is 1. The van der Waals surface area contributed by atoms with Crippen LogP contribution in [0.5, 0.6) is 0 Å². The number of carboxylic acid groups (broad SMARTS) is 1. The minimum absolute atomic E-state index is 0.0206. The highest BCUT2D eigenvalue weighted by atomic mass is 16.4. The maximum atomic E-state index is 11.5. The Kier molecular flexibility index (Phi) is 5.81. The molecule has 0 unspecified atom stereocenters. The molecule has 6 nitrogen and oxygen atoms in total. The number of aliphatic carboxylic acids is 1. The summed E-state index contributed by atoms with van der Waals surface area (Å²) < 4.78 is 0. The molecule has 0 fully saturated rings. The second-order valence-corrected chi connectivity index (χ2v) is 4.22. The highest BCUT2D eigenvalue weighted by Crippen LogP contribution is 2.02. The molecule has 0 aliphatic heterocycles. The van der Waals surface area contributed by atoms with Crippen molar-refractivity contribution in [2.24, 2.45) is 0 Å². The van der Waals surface area contributed by atoms with Crippen LogP contribution in [0, 0.1) is 6.92 Å². The summed E-state index contributed by atoms with van der Waals surface area (Å²) in [6.07, 6.45) is -0.0206. The third kappa shape index (κ3) is 5.39. The van der Waals surface area contributed by atoms with Crippen LogP contribution >= 0.6 is 0 Å². The monoisotopic (exact) mass is 266 g/mol. The van der Waals surface area contributed by atoms with Gasteiger partial charge in [-0.3, -0.25) is 0 Å². The summed E-state index contributed by atoms with van der Waals surface area (Å²) in [5.74, 6) is -1.17. The summed E-state index contributed by atoms with van der Waals surface area (Å²) in [7, 11) is 0. The summed E-state index contributed by atoms with van der Waals surface area (Å²) in [6.45, 7) is 1.99. The zero-order valence-electron chi connectivity index (χ0n) is 10.7. The number of aryl methyl sites for hydroxylation is 1. The first-order valence-electron chi connectivity index (χ1n) is 5.96. The number of urea groups is 1. The van der Waals surface area contributed by atoms with Crippen molar-refractivity contribution < 1.29 is 19.8 Å². The molecule has 0 heterocycles. The summed E-state index contributed by atoms with van der Waals surface area (Å²) in [5.41, 5.74) is 2.05. The largest absolute Gasteiger partial charge is 0.480 e. The summed E-state index contributed by atoms with van der Waals surface area (Å²) >= 11 is 0. The lowest BCUT2D eigenvalue weighted by atomic mass is 10.1. The lowest BCUT2D eigenvalue weighted by Crippen LogP contribution is -2.46. The van der Waals surface area contributed by atoms with Crippen LogP contribution in [0.25, 0.3) is 0 Å². The molecule has 0 spiro atoms. The number of hydrogen-bond acceptors (Lipinski definition) is 3. The van der Waals surface area contributed by atoms with Gasteiger partial charge in [-0.05, 0) is 12.5 Å². The molecule has 0 saturated carbocycles. The van der Waals surface area contributed by atoms with E-state index in [0.29, 0.717) is 6.54 Å². The third-order valence-electron chi connectivity index (χ3n) is 2.59. The van der Waals surface area contributed by atoms with Gasteiger partial charge in [0.2, 0.25) is 0 Å². The number of amides is 2. The number of carbonyl (C=O) groups is 2. The maximum absolute atomic E-state index is 11.5. The van der Waals surface area contributed by atoms with Gasteiger partial charge >= 0.3 is 12.0 Å². The average molecular weight is 266 g/mol. The van der Waals surface area contributed by atoms with E-state index in [1.807, 2.05) is 31.2 Å². The molecular weight excluding hydrogens is 248 g/mol. The van der Waals surface area contributed by atoms with Crippen molar-refractivity contribution in [1.82, 2.24) is 10.6 Å². The van der Waals surface area contributed by atoms with Crippen LogP contribution in [-0.4, -0.2) is 34.9 Å². The highest BCUT2D eigenvalue weighted by Gasteiger charge is 2.18. The summed E-state index contributed by atoms with van der Waals surface area (Å²) in [6, 6.07) is 5.99. The summed E-state index contributed by atoms with van der Waals surface area (Å²) in [4.78, 5) is 22.3. The van der Waals surface area contributed by atoms with Gasteiger partial charge in [-0.1, -0.05) is 29.8 Å². The van der Waals surface area contributed by atoms with Crippen molar-refractivity contribution in [3.63, 3.8) is 0 Å². The van der Waals surface area contributed by atoms with E-state index in [1.54, 1.807) is 0 Å². The SMILES string of the molecule is Cc1ccc(CNC(=O)N[C@H](CCO)C(=O)O)cc1. The molecule has 0 aromatic heterocycles. The predicted molar refractivity (Wildman–Crippen MR) is 69.7 cm³/mol. The van der Waals surface area contributed by atoms with Crippen LogP contribution in [0.2, 0.25) is 0 Å². The zero-order valence-corrected chi connectivity index (χ0v) is 10.7. The molecule has 1 aromatic rings. The number of rotatable bonds is 6. The Labute approximate surface area is 111 Å². The first kappa shape index (κ1) is 15.0. The quantitative estimate of drug-likeness (QED) is 0.607. The van der Waals surface area contributed by atoms with E-state index in [2.05, 4.69) is 10.6 Å². The Bertz CT molecular complexity index is 431. The number of nitrogens with one attached hydrogen (secondary N) is 2. The second kappa shape index (κ2) is 7.38. The van der Waals surface area contributed by atoms with E-state index >= 15 is 0 Å². The smallest absolute Gasteiger partial charge is 0.326 e. The standard InChI is InChI=1S/C13H18N2O4/c1-9-2-4-10(5-3-9)8-14-13(19)15-11(6-7-16)12(17)18/h2-5,11,16H,6-8H2,1H3,(H,17,18)(H2,14,15,19)/t11-/m1/s1. The Morgan fingerprint density at radius 2 is 1.89 bits per heavy atom. The van der Waals surface area contributed by atoms with Crippen LogP contribution in [0.4, 0.5) is 4.79 Å². The van der Waals surface area contributed by atoms with E-state index in [-0.39, 0.29) is 13.0 Å². The minimum Gasteiger partial charge on any atom is -0.480 e. The molecule has 19 heavy (non-hydrogen) atoms. The van der Waals surface area contributed by atoms with Crippen molar-refractivity contribution >= 4 is 12.0 Å². The molecule has 4 N–H and O–H groups in total. The molecule has 2 amide bonds. The molecule has 1 atom stereocenters. The Morgan fingerprint density at radius 1 is 1.26 bits per heavy atom. The number of aliphatic hydroxyl groups excluding tert-OH is 1. The van der Waals surface area contributed by atoms with Crippen molar-refractivity contribution in [3.05, 3.63) is 35.4 Å². The fraction of sp³-hybridized carbons (Fsp3) is 0.385. The molecular formula is C13H18N2O4. The Balaban J connectivity index is 2.42. The lowest BCUT2D eigenvalue weighted by Gasteiger charge is -2.14. The Hall–Kier alpha value is -2.08. The fourth-order valence-corrected chi connectivity index (χ4v) is 1.48. The third-order valence-corrected chi connectivity index (χ3v) is 2.59. The van der Waals surface area contributed by atoms with E-state index in [9.17, 15) is 9.59 Å². The van der Waals surface area contributed by atoms with Crippen LogP contribution in [0.3, 0.4) is 0 Å². The van der Waals surface area contributed by atoms with Crippen molar-refractivity contribution in [1.29, 1.82) is 0 Å². The minimum atomic E-state index is -1.17. The van der Waals surface area contributed by atoms with Crippen LogP contribution in [-0.2, 0) is 11.3 Å². The summed E-state index contributed by atoms with van der Waals surface area (Å²) in [5, 5.41) is 22.4. The van der Waals surface area contributed by atoms with Gasteiger partial charge in [-0.15, -0.1) is 0 Å². The van der Waals surface area contributed by atoms with Gasteiger partial charge in [0, 0.05) is 19.6 Å². The topological polar surface area (TPSA) is 98.7 Å². The molecule has 1 aromatic carbocycles. The molecule has 104 valence electrons. The van der Waals surface area contributed by atoms with Gasteiger partial charge in [-0.2, -0.15) is 0 Å². The Morgan fingerprint density at radius 3 is 2.42 bits per heavy atom. The maximum Gasteiger partial charge on any atom is 0.326 e. The van der Waals surface area contributed by atoms with Gasteiger partial charge in [0.15, 0.2) is 0 Å². The zero-order chi connectivity index (χ0) is 14.3. The molecule has 0 bridgehead atoms. The van der Waals surface area contributed by atoms with Crippen LogP contribution in [0.15, 0.2) is 24.3 Å². The molecule has 6 heteroatoms. The predicted octanol–water partition coefficient (Wildman–Crippen LogP) is 0.630. The van der Waals surface area contributed by atoms with Gasteiger partial charge in [-0.25, -0.2) is 9.59 Å². The number of benzene rings is 1. The van der Waals surface area contributed by atoms with Gasteiger partial charge in [0.25, 0.3) is 0 Å². The van der Waals surface area contributed by atoms with Crippen molar-refractivity contribution in [2.75, 3.05) is 6.61 Å². The molecule has 0 radical (unpaired) electrons. The van der Waals surface area contributed by atoms with Crippen LogP contribution in [0.1, 0.15) is 17.5 Å². The van der Waals surface area contributed by atoms with Gasteiger partial charge in [0.1, 0.15) is 6.04 Å². The van der Waals surface area contributed by atoms with E-state index in [4.69, 9.17) is 10.2 Å². The second-order valence-electron chi connectivity index (χ2n) is 4.22. The average Bonchev–Trinajstić information content (AvgIpc) is 2.37. The highest BCUT2D eigenvalue weighted by molar-refractivity contribution is 5.82. The van der Waals surface area contributed by atoms with Gasteiger partial charge < -0.3 is 20.8 Å². The number of aliphatic hydroxyl groups is 1. The number of hydrogen-bond donors (Lipinski definition) is 4. The lowest BCUT2D eigenvalue weighted by molar-refractivity contribution is -0.139.